The molecule has 1 fully saturated rings. The highest BCUT2D eigenvalue weighted by atomic mass is 79.9. The van der Waals surface area contributed by atoms with Gasteiger partial charge in [-0.3, -0.25) is 0 Å². The Morgan fingerprint density at radius 3 is 2.50 bits per heavy atom. The SMILES string of the molecule is CC(C)OCCS(=O)(=O)NCC1(CBr)CC1. The Labute approximate surface area is 106 Å². The number of rotatable bonds is 8. The maximum absolute atomic E-state index is 11.6. The Morgan fingerprint density at radius 1 is 1.44 bits per heavy atom. The number of halogens is 1. The number of sulfonamides is 1. The summed E-state index contributed by atoms with van der Waals surface area (Å²) in [5, 5.41) is 0.866. The molecule has 0 atom stereocenters. The highest BCUT2D eigenvalue weighted by Crippen LogP contribution is 2.46. The molecule has 4 nitrogen and oxygen atoms in total. The summed E-state index contributed by atoms with van der Waals surface area (Å²) in [5.74, 6) is 0.0452. The van der Waals surface area contributed by atoms with Crippen molar-refractivity contribution in [2.75, 3.05) is 24.2 Å². The van der Waals surface area contributed by atoms with Crippen molar-refractivity contribution < 1.29 is 13.2 Å². The van der Waals surface area contributed by atoms with E-state index in [9.17, 15) is 8.42 Å². The minimum atomic E-state index is -3.18. The first-order valence-electron chi connectivity index (χ1n) is 5.54. The summed E-state index contributed by atoms with van der Waals surface area (Å²) in [6, 6.07) is 0. The van der Waals surface area contributed by atoms with Crippen LogP contribution in [0.3, 0.4) is 0 Å². The zero-order valence-electron chi connectivity index (χ0n) is 9.83. The van der Waals surface area contributed by atoms with Crippen LogP contribution < -0.4 is 4.72 Å². The van der Waals surface area contributed by atoms with Crippen LogP contribution in [0.15, 0.2) is 0 Å². The van der Waals surface area contributed by atoms with E-state index < -0.39 is 10.0 Å². The molecule has 16 heavy (non-hydrogen) atoms. The van der Waals surface area contributed by atoms with E-state index in [1.54, 1.807) is 0 Å². The Hall–Kier alpha value is 0.350. The average Bonchev–Trinajstić information content (AvgIpc) is 2.95. The van der Waals surface area contributed by atoms with E-state index in [1.807, 2.05) is 13.8 Å². The molecule has 0 heterocycles. The summed E-state index contributed by atoms with van der Waals surface area (Å²) >= 11 is 3.41. The van der Waals surface area contributed by atoms with Gasteiger partial charge in [0.25, 0.3) is 0 Å². The molecule has 0 amide bonds. The van der Waals surface area contributed by atoms with Crippen molar-refractivity contribution in [1.29, 1.82) is 0 Å². The largest absolute Gasteiger partial charge is 0.378 e. The molecule has 6 heteroatoms. The Bertz CT molecular complexity index is 312. The molecule has 1 aliphatic rings. The van der Waals surface area contributed by atoms with Crippen molar-refractivity contribution in [3.8, 4) is 0 Å². The fraction of sp³-hybridized carbons (Fsp3) is 1.00. The Balaban J connectivity index is 2.24. The normalized spacial score (nSPS) is 19.0. The minimum Gasteiger partial charge on any atom is -0.378 e. The van der Waals surface area contributed by atoms with Gasteiger partial charge in [0.15, 0.2) is 0 Å². The van der Waals surface area contributed by atoms with Gasteiger partial charge in [0.2, 0.25) is 10.0 Å². The van der Waals surface area contributed by atoms with Crippen LogP contribution in [0.1, 0.15) is 26.7 Å². The van der Waals surface area contributed by atoms with Crippen molar-refractivity contribution in [3.63, 3.8) is 0 Å². The first-order chi connectivity index (χ1) is 7.39. The summed E-state index contributed by atoms with van der Waals surface area (Å²) in [6.07, 6.45) is 2.28. The molecule has 1 rings (SSSR count). The molecule has 0 bridgehead atoms. The van der Waals surface area contributed by atoms with E-state index in [4.69, 9.17) is 4.74 Å². The van der Waals surface area contributed by atoms with Crippen molar-refractivity contribution >= 4 is 26.0 Å². The van der Waals surface area contributed by atoms with Crippen molar-refractivity contribution in [3.05, 3.63) is 0 Å². The van der Waals surface area contributed by atoms with Gasteiger partial charge in [0.1, 0.15) is 0 Å². The summed E-state index contributed by atoms with van der Waals surface area (Å²) in [7, 11) is -3.18. The molecule has 96 valence electrons. The second-order valence-corrected chi connectivity index (χ2v) is 7.18. The average molecular weight is 314 g/mol. The van der Waals surface area contributed by atoms with Gasteiger partial charge in [-0.05, 0) is 32.1 Å². The fourth-order valence-corrected chi connectivity index (χ4v) is 3.01. The third-order valence-corrected chi connectivity index (χ3v) is 5.19. The smallest absolute Gasteiger partial charge is 0.213 e. The van der Waals surface area contributed by atoms with Crippen molar-refractivity contribution in [1.82, 2.24) is 4.72 Å². The molecule has 0 aromatic heterocycles. The van der Waals surface area contributed by atoms with Crippen molar-refractivity contribution in [2.24, 2.45) is 5.41 Å². The van der Waals surface area contributed by atoms with Crippen LogP contribution >= 0.6 is 15.9 Å². The van der Waals surface area contributed by atoms with Gasteiger partial charge in [-0.2, -0.15) is 0 Å². The third-order valence-electron chi connectivity index (χ3n) is 2.71. The van der Waals surface area contributed by atoms with Crippen LogP contribution in [0.4, 0.5) is 0 Å². The van der Waals surface area contributed by atoms with E-state index in [1.165, 1.54) is 0 Å². The van der Waals surface area contributed by atoms with E-state index in [2.05, 4.69) is 20.7 Å². The lowest BCUT2D eigenvalue weighted by Gasteiger charge is -2.13. The quantitative estimate of drug-likeness (QED) is 0.691. The second kappa shape index (κ2) is 5.80. The molecule has 0 radical (unpaired) electrons. The predicted molar refractivity (Wildman–Crippen MR) is 68.3 cm³/mol. The van der Waals surface area contributed by atoms with E-state index in [0.29, 0.717) is 6.54 Å². The highest BCUT2D eigenvalue weighted by molar-refractivity contribution is 9.09. The van der Waals surface area contributed by atoms with Gasteiger partial charge in [0.05, 0.1) is 18.5 Å². The van der Waals surface area contributed by atoms with Crippen LogP contribution in [0.5, 0.6) is 0 Å². The third kappa shape index (κ3) is 5.12. The monoisotopic (exact) mass is 313 g/mol. The molecular formula is C10H20BrNO3S. The predicted octanol–water partition coefficient (Wildman–Crippen LogP) is 1.51. The number of ether oxygens (including phenoxy) is 1. The number of hydrogen-bond acceptors (Lipinski definition) is 3. The van der Waals surface area contributed by atoms with Gasteiger partial charge < -0.3 is 4.74 Å². The standard InChI is InChI=1S/C10H20BrNO3S/c1-9(2)15-5-6-16(13,14)12-8-10(7-11)3-4-10/h9,12H,3-8H2,1-2H3. The van der Waals surface area contributed by atoms with Gasteiger partial charge >= 0.3 is 0 Å². The summed E-state index contributed by atoms with van der Waals surface area (Å²) in [5.41, 5.74) is 0.173. The van der Waals surface area contributed by atoms with Crippen LogP contribution in [0.25, 0.3) is 0 Å². The Kier molecular flexibility index (Phi) is 5.22. The number of alkyl halides is 1. The molecule has 1 saturated carbocycles. The lowest BCUT2D eigenvalue weighted by molar-refractivity contribution is 0.0911. The van der Waals surface area contributed by atoms with Gasteiger partial charge in [0, 0.05) is 11.9 Å². The summed E-state index contributed by atoms with van der Waals surface area (Å²) in [6.45, 7) is 4.59. The molecule has 0 unspecified atom stereocenters. The van der Waals surface area contributed by atoms with Gasteiger partial charge in [-0.1, -0.05) is 15.9 Å². The highest BCUT2D eigenvalue weighted by Gasteiger charge is 2.41. The first kappa shape index (κ1) is 14.4. The lowest BCUT2D eigenvalue weighted by Crippen LogP contribution is -2.34. The lowest BCUT2D eigenvalue weighted by atomic mass is 10.1. The topological polar surface area (TPSA) is 55.4 Å². The zero-order chi connectivity index (χ0) is 12.2. The zero-order valence-corrected chi connectivity index (χ0v) is 12.2. The van der Waals surface area contributed by atoms with Crippen LogP contribution in [-0.4, -0.2) is 38.8 Å². The summed E-state index contributed by atoms with van der Waals surface area (Å²) in [4.78, 5) is 0. The molecule has 0 aromatic carbocycles. The van der Waals surface area contributed by atoms with Crippen LogP contribution in [-0.2, 0) is 14.8 Å². The summed E-state index contributed by atoms with van der Waals surface area (Å²) < 4.78 is 31.1. The van der Waals surface area contributed by atoms with E-state index >= 15 is 0 Å². The van der Waals surface area contributed by atoms with E-state index in [0.717, 1.165) is 18.2 Å². The maximum atomic E-state index is 11.6. The molecule has 0 aliphatic heterocycles. The molecule has 0 aromatic rings. The van der Waals surface area contributed by atoms with Gasteiger partial charge in [-0.15, -0.1) is 0 Å². The number of nitrogens with one attached hydrogen (secondary N) is 1. The van der Waals surface area contributed by atoms with E-state index in [-0.39, 0.29) is 23.9 Å². The van der Waals surface area contributed by atoms with Gasteiger partial charge in [-0.25, -0.2) is 13.1 Å². The van der Waals surface area contributed by atoms with Crippen LogP contribution in [0, 0.1) is 5.41 Å². The minimum absolute atomic E-state index is 0.0452. The first-order valence-corrected chi connectivity index (χ1v) is 8.31. The molecule has 1 N–H and O–H groups in total. The molecule has 1 aliphatic carbocycles. The second-order valence-electron chi connectivity index (χ2n) is 4.69. The van der Waals surface area contributed by atoms with Crippen LogP contribution in [0.2, 0.25) is 0 Å². The fourth-order valence-electron chi connectivity index (χ4n) is 1.26. The molecule has 0 spiro atoms. The molecular weight excluding hydrogens is 294 g/mol. The van der Waals surface area contributed by atoms with Crippen molar-refractivity contribution in [2.45, 2.75) is 32.8 Å². The Morgan fingerprint density at radius 2 is 2.06 bits per heavy atom. The number of hydrogen-bond donors (Lipinski definition) is 1. The molecule has 0 saturated heterocycles. The maximum Gasteiger partial charge on any atom is 0.213 e.